The molecule has 286 valence electrons. The van der Waals surface area contributed by atoms with Gasteiger partial charge in [0.2, 0.25) is 0 Å². The minimum atomic E-state index is -0.772. The monoisotopic (exact) mass is 761 g/mol. The first kappa shape index (κ1) is 38.0. The first-order valence-corrected chi connectivity index (χ1v) is 19.7. The number of thiazole rings is 1. The van der Waals surface area contributed by atoms with Gasteiger partial charge in [-0.2, -0.15) is 0 Å². The van der Waals surface area contributed by atoms with Gasteiger partial charge in [0.1, 0.15) is 17.2 Å². The number of nitrogens with zero attached hydrogens (tertiary/aromatic N) is 4. The van der Waals surface area contributed by atoms with Crippen molar-refractivity contribution in [2.75, 3.05) is 43.0 Å². The number of pyridine rings is 1. The minimum Gasteiger partial charge on any atom is -0.494 e. The number of aliphatic carboxylic acids is 1. The predicted molar refractivity (Wildman–Crippen MR) is 215 cm³/mol. The first-order chi connectivity index (χ1) is 26.5. The normalized spacial score (nSPS) is 15.1. The third-order valence-electron chi connectivity index (χ3n) is 10.1. The zero-order valence-electron chi connectivity index (χ0n) is 31.5. The molecule has 0 unspecified atom stereocenters. The average Bonchev–Trinajstić information content (AvgIpc) is 3.58. The lowest BCUT2D eigenvalue weighted by Crippen LogP contribution is -2.37. The lowest BCUT2D eigenvalue weighted by Gasteiger charge is -2.31. The maximum Gasteiger partial charge on any atom is 0.358 e. The second-order valence-electron chi connectivity index (χ2n) is 15.3. The van der Waals surface area contributed by atoms with E-state index in [9.17, 15) is 14.4 Å². The number of carboxylic acids is 1. The second kappa shape index (κ2) is 16.6. The third-order valence-corrected chi connectivity index (χ3v) is 11.0. The number of piperidine rings is 1. The van der Waals surface area contributed by atoms with E-state index in [1.165, 1.54) is 11.3 Å². The molecule has 1 amide bonds. The van der Waals surface area contributed by atoms with Crippen LogP contribution in [-0.2, 0) is 22.5 Å². The maximum absolute atomic E-state index is 13.8. The molecule has 5 aromatic rings. The molecule has 2 aliphatic rings. The number of anilines is 2. The Morgan fingerprint density at radius 2 is 1.75 bits per heavy atom. The quantitative estimate of drug-likeness (QED) is 0.0950. The van der Waals surface area contributed by atoms with Crippen molar-refractivity contribution in [3.05, 3.63) is 101 Å². The van der Waals surface area contributed by atoms with Gasteiger partial charge < -0.3 is 19.5 Å². The van der Waals surface area contributed by atoms with Gasteiger partial charge in [-0.05, 0) is 131 Å². The van der Waals surface area contributed by atoms with Gasteiger partial charge >= 0.3 is 11.9 Å². The fourth-order valence-electron chi connectivity index (χ4n) is 7.36. The van der Waals surface area contributed by atoms with E-state index in [4.69, 9.17) is 19.6 Å². The van der Waals surface area contributed by atoms with Crippen LogP contribution in [-0.4, -0.2) is 76.2 Å². The highest BCUT2D eigenvalue weighted by Gasteiger charge is 2.27. The van der Waals surface area contributed by atoms with E-state index in [-0.39, 0.29) is 18.1 Å². The number of benzene rings is 3. The molecule has 2 aromatic heterocycles. The molecule has 0 atom stereocenters. The number of carbonyl (C=O) groups is 3. The van der Waals surface area contributed by atoms with E-state index in [0.717, 1.165) is 65.7 Å². The standard InChI is InChI=1S/C43H47N5O6S/c1-43(2,3)54-41(52)39-32(30-11-6-12-31(25-30)53-24-8-9-28-18-21-47(22-19-28)27-38(49)50)16-17-37(45-39)48-23-20-29-10-7-13-33(34(29)26-48)40(51)46-42-44-35-14-4-5-15-36(35)55-42/h4-7,10-17,25,28H,8-9,18-24,26-27H2,1-3H3,(H,49,50)(H,44,46,51). The molecule has 0 radical (unpaired) electrons. The molecule has 0 saturated carbocycles. The van der Waals surface area contributed by atoms with E-state index in [2.05, 4.69) is 21.3 Å². The summed E-state index contributed by atoms with van der Waals surface area (Å²) in [5.41, 5.74) is 4.39. The topological polar surface area (TPSA) is 134 Å². The van der Waals surface area contributed by atoms with Crippen molar-refractivity contribution in [3.63, 3.8) is 0 Å². The van der Waals surface area contributed by atoms with Gasteiger partial charge in [0, 0.05) is 24.2 Å². The van der Waals surface area contributed by atoms with Crippen LogP contribution in [0.25, 0.3) is 21.3 Å². The van der Waals surface area contributed by atoms with Crippen LogP contribution in [0.4, 0.5) is 10.9 Å². The second-order valence-corrected chi connectivity index (χ2v) is 16.3. The zero-order valence-corrected chi connectivity index (χ0v) is 32.4. The summed E-state index contributed by atoms with van der Waals surface area (Å²) in [5.74, 6) is 0.401. The number of amides is 1. The number of ether oxygens (including phenoxy) is 2. The smallest absolute Gasteiger partial charge is 0.358 e. The van der Waals surface area contributed by atoms with E-state index >= 15 is 0 Å². The number of hydrogen-bond donors (Lipinski definition) is 2. The summed E-state index contributed by atoms with van der Waals surface area (Å²) in [7, 11) is 0. The molecule has 0 bridgehead atoms. The number of likely N-dealkylation sites (tertiary alicyclic amines) is 1. The summed E-state index contributed by atoms with van der Waals surface area (Å²) < 4.78 is 13.1. The first-order valence-electron chi connectivity index (χ1n) is 18.9. The molecule has 11 nitrogen and oxygen atoms in total. The molecule has 2 aliphatic heterocycles. The maximum atomic E-state index is 13.8. The number of hydrogen-bond acceptors (Lipinski definition) is 10. The fourth-order valence-corrected chi connectivity index (χ4v) is 8.22. The molecular weight excluding hydrogens is 715 g/mol. The van der Waals surface area contributed by atoms with E-state index in [1.807, 2.05) is 98.5 Å². The molecule has 2 N–H and O–H groups in total. The Hall–Kier alpha value is -5.33. The van der Waals surface area contributed by atoms with Crippen molar-refractivity contribution >= 4 is 50.3 Å². The molecule has 0 aliphatic carbocycles. The summed E-state index contributed by atoms with van der Waals surface area (Å²) in [6.45, 7) is 8.95. The highest BCUT2D eigenvalue weighted by Crippen LogP contribution is 2.33. The molecule has 4 heterocycles. The van der Waals surface area contributed by atoms with Crippen LogP contribution >= 0.6 is 11.3 Å². The van der Waals surface area contributed by atoms with Crippen LogP contribution in [0, 0.1) is 5.92 Å². The number of carbonyl (C=O) groups excluding carboxylic acids is 2. The van der Waals surface area contributed by atoms with E-state index < -0.39 is 17.5 Å². The van der Waals surface area contributed by atoms with Crippen molar-refractivity contribution in [2.45, 2.75) is 65.0 Å². The number of nitrogens with one attached hydrogen (secondary N) is 1. The number of rotatable bonds is 12. The number of esters is 1. The number of aromatic nitrogens is 2. The summed E-state index contributed by atoms with van der Waals surface area (Å²) >= 11 is 1.44. The summed E-state index contributed by atoms with van der Waals surface area (Å²) in [5, 5.41) is 12.6. The van der Waals surface area contributed by atoms with Crippen molar-refractivity contribution in [1.82, 2.24) is 14.9 Å². The van der Waals surface area contributed by atoms with Crippen LogP contribution < -0.4 is 15.0 Å². The highest BCUT2D eigenvalue weighted by atomic mass is 32.1. The van der Waals surface area contributed by atoms with Crippen LogP contribution in [0.15, 0.2) is 78.9 Å². The van der Waals surface area contributed by atoms with Crippen LogP contribution in [0.5, 0.6) is 5.75 Å². The zero-order chi connectivity index (χ0) is 38.5. The van der Waals surface area contributed by atoms with Gasteiger partial charge in [-0.15, -0.1) is 0 Å². The molecule has 55 heavy (non-hydrogen) atoms. The Morgan fingerprint density at radius 3 is 2.53 bits per heavy atom. The van der Waals surface area contributed by atoms with Gasteiger partial charge in [0.15, 0.2) is 10.8 Å². The molecule has 12 heteroatoms. The lowest BCUT2D eigenvalue weighted by atomic mass is 9.92. The van der Waals surface area contributed by atoms with Gasteiger partial charge in [0.05, 0.1) is 23.4 Å². The molecular formula is C43H47N5O6S. The van der Waals surface area contributed by atoms with Gasteiger partial charge in [0.25, 0.3) is 5.91 Å². The number of fused-ring (bicyclic) bond motifs is 2. The molecule has 7 rings (SSSR count). The van der Waals surface area contributed by atoms with Crippen LogP contribution in [0.2, 0.25) is 0 Å². The SMILES string of the molecule is CC(C)(C)OC(=O)c1nc(N2CCc3cccc(C(=O)Nc4nc5ccccc5s4)c3C2)ccc1-c1cccc(OCCCC2CCN(CC(=O)O)CC2)c1. The van der Waals surface area contributed by atoms with Gasteiger partial charge in [-0.1, -0.05) is 47.7 Å². The predicted octanol–water partition coefficient (Wildman–Crippen LogP) is 8.08. The Morgan fingerprint density at radius 1 is 0.945 bits per heavy atom. The largest absolute Gasteiger partial charge is 0.494 e. The van der Waals surface area contributed by atoms with E-state index in [1.54, 1.807) is 0 Å². The molecule has 0 spiro atoms. The third kappa shape index (κ3) is 9.49. The van der Waals surface area contributed by atoms with E-state index in [0.29, 0.717) is 59.9 Å². The molecule has 1 saturated heterocycles. The minimum absolute atomic E-state index is 0.112. The number of carboxylic acid groups (broad SMARTS) is 1. The van der Waals surface area contributed by atoms with Crippen molar-refractivity contribution in [3.8, 4) is 16.9 Å². The Labute approximate surface area is 325 Å². The Bertz CT molecular complexity index is 2160. The molecule has 1 fully saturated rings. The average molecular weight is 762 g/mol. The lowest BCUT2D eigenvalue weighted by molar-refractivity contribution is -0.138. The molecule has 3 aromatic carbocycles. The summed E-state index contributed by atoms with van der Waals surface area (Å²) in [6, 6.07) is 25.2. The van der Waals surface area contributed by atoms with Crippen molar-refractivity contribution in [1.29, 1.82) is 0 Å². The van der Waals surface area contributed by atoms with Crippen molar-refractivity contribution < 1.29 is 29.0 Å². The Kier molecular flexibility index (Phi) is 11.4. The Balaban J connectivity index is 1.06. The summed E-state index contributed by atoms with van der Waals surface area (Å²) in [6.07, 6.45) is 4.66. The van der Waals surface area contributed by atoms with Gasteiger partial charge in [-0.25, -0.2) is 14.8 Å². The fraction of sp³-hybridized carbons (Fsp3) is 0.372. The summed E-state index contributed by atoms with van der Waals surface area (Å²) in [4.78, 5) is 52.1. The highest BCUT2D eigenvalue weighted by molar-refractivity contribution is 7.22. The van der Waals surface area contributed by atoms with Crippen LogP contribution in [0.1, 0.15) is 78.4 Å². The van der Waals surface area contributed by atoms with Gasteiger partial charge in [-0.3, -0.25) is 19.8 Å². The van der Waals surface area contributed by atoms with Crippen LogP contribution in [0.3, 0.4) is 0 Å². The van der Waals surface area contributed by atoms with Crippen molar-refractivity contribution in [2.24, 2.45) is 5.92 Å². The number of para-hydroxylation sites is 1.